The topological polar surface area (TPSA) is 66.8 Å². The van der Waals surface area contributed by atoms with E-state index in [1.54, 1.807) is 7.05 Å². The van der Waals surface area contributed by atoms with E-state index in [9.17, 15) is 9.59 Å². The average Bonchev–Trinajstić information content (AvgIpc) is 2.63. The largest absolute Gasteiger partial charge is 0.481 e. The van der Waals surface area contributed by atoms with Crippen molar-refractivity contribution in [3.63, 3.8) is 0 Å². The molecule has 0 aromatic carbocycles. The molecule has 1 saturated heterocycles. The smallest absolute Gasteiger partial charge is 0.311 e. The van der Waals surface area contributed by atoms with Crippen molar-refractivity contribution in [3.8, 4) is 0 Å². The number of carbonyl (C=O) groups excluding carboxylic acids is 1. The summed E-state index contributed by atoms with van der Waals surface area (Å²) < 4.78 is 5.13. The molecule has 5 heteroatoms. The first-order chi connectivity index (χ1) is 7.43. The van der Waals surface area contributed by atoms with Gasteiger partial charge in [-0.15, -0.1) is 0 Å². The molecule has 16 heavy (non-hydrogen) atoms. The Morgan fingerprint density at radius 1 is 1.44 bits per heavy atom. The van der Waals surface area contributed by atoms with Crippen molar-refractivity contribution < 1.29 is 19.4 Å². The second kappa shape index (κ2) is 5.30. The van der Waals surface area contributed by atoms with Gasteiger partial charge in [0.2, 0.25) is 5.91 Å². The maximum Gasteiger partial charge on any atom is 0.311 e. The van der Waals surface area contributed by atoms with Gasteiger partial charge in [0.15, 0.2) is 0 Å². The minimum absolute atomic E-state index is 0.0169. The van der Waals surface area contributed by atoms with Crippen LogP contribution in [0.2, 0.25) is 0 Å². The number of likely N-dealkylation sites (N-methyl/N-ethyl adjacent to an activating group) is 1. The summed E-state index contributed by atoms with van der Waals surface area (Å²) in [6.07, 6.45) is 0.444. The predicted molar refractivity (Wildman–Crippen MR) is 58.0 cm³/mol. The van der Waals surface area contributed by atoms with E-state index < -0.39 is 11.9 Å². The summed E-state index contributed by atoms with van der Waals surface area (Å²) in [5.41, 5.74) is 0. The SMILES string of the molecule is CC(C)CC(=O)N(C)C1COCC1C(=O)O. The minimum Gasteiger partial charge on any atom is -0.481 e. The summed E-state index contributed by atoms with van der Waals surface area (Å²) >= 11 is 0. The van der Waals surface area contributed by atoms with E-state index >= 15 is 0 Å². The van der Waals surface area contributed by atoms with Crippen LogP contribution in [0.1, 0.15) is 20.3 Å². The Morgan fingerprint density at radius 3 is 2.56 bits per heavy atom. The van der Waals surface area contributed by atoms with E-state index in [0.717, 1.165) is 0 Å². The van der Waals surface area contributed by atoms with Crippen LogP contribution in [0.3, 0.4) is 0 Å². The van der Waals surface area contributed by atoms with Gasteiger partial charge in [0.25, 0.3) is 0 Å². The van der Waals surface area contributed by atoms with E-state index in [1.165, 1.54) is 4.90 Å². The van der Waals surface area contributed by atoms with Crippen molar-refractivity contribution in [2.45, 2.75) is 26.3 Å². The van der Waals surface area contributed by atoms with Gasteiger partial charge in [0.05, 0.1) is 19.3 Å². The molecule has 1 aliphatic heterocycles. The first kappa shape index (κ1) is 13.0. The lowest BCUT2D eigenvalue weighted by atomic mass is 10.0. The van der Waals surface area contributed by atoms with Gasteiger partial charge in [0.1, 0.15) is 5.92 Å². The molecule has 0 radical (unpaired) electrons. The number of amides is 1. The van der Waals surface area contributed by atoms with Gasteiger partial charge in [-0.25, -0.2) is 0 Å². The van der Waals surface area contributed by atoms with Gasteiger partial charge in [-0.05, 0) is 5.92 Å². The van der Waals surface area contributed by atoms with Gasteiger partial charge in [-0.3, -0.25) is 9.59 Å². The maximum absolute atomic E-state index is 11.8. The van der Waals surface area contributed by atoms with Crippen molar-refractivity contribution in [2.75, 3.05) is 20.3 Å². The van der Waals surface area contributed by atoms with Crippen molar-refractivity contribution in [1.29, 1.82) is 0 Å². The van der Waals surface area contributed by atoms with Crippen molar-refractivity contribution in [3.05, 3.63) is 0 Å². The van der Waals surface area contributed by atoms with Crippen LogP contribution in [-0.2, 0) is 14.3 Å². The van der Waals surface area contributed by atoms with Crippen LogP contribution < -0.4 is 0 Å². The molecule has 2 atom stereocenters. The number of ether oxygens (including phenoxy) is 1. The molecule has 0 aromatic heterocycles. The number of carboxylic acid groups (broad SMARTS) is 1. The number of nitrogens with zero attached hydrogens (tertiary/aromatic N) is 1. The minimum atomic E-state index is -0.897. The fourth-order valence-electron chi connectivity index (χ4n) is 1.84. The number of aliphatic carboxylic acids is 1. The van der Waals surface area contributed by atoms with Gasteiger partial charge >= 0.3 is 5.97 Å². The van der Waals surface area contributed by atoms with Crippen molar-refractivity contribution in [2.24, 2.45) is 11.8 Å². The van der Waals surface area contributed by atoms with Crippen molar-refractivity contribution >= 4 is 11.9 Å². The molecular weight excluding hydrogens is 210 g/mol. The third-order valence-electron chi connectivity index (χ3n) is 2.84. The normalized spacial score (nSPS) is 24.8. The zero-order chi connectivity index (χ0) is 12.3. The molecule has 1 aliphatic rings. The summed E-state index contributed by atoms with van der Waals surface area (Å²) in [6, 6.07) is -0.330. The summed E-state index contributed by atoms with van der Waals surface area (Å²) in [7, 11) is 1.65. The van der Waals surface area contributed by atoms with Crippen LogP contribution in [0, 0.1) is 11.8 Å². The highest BCUT2D eigenvalue weighted by molar-refractivity contribution is 5.78. The Morgan fingerprint density at radius 2 is 2.06 bits per heavy atom. The lowest BCUT2D eigenvalue weighted by Gasteiger charge is -2.27. The lowest BCUT2D eigenvalue weighted by molar-refractivity contribution is -0.144. The van der Waals surface area contributed by atoms with Gasteiger partial charge < -0.3 is 14.7 Å². The molecule has 0 aliphatic carbocycles. The average molecular weight is 229 g/mol. The monoisotopic (exact) mass is 229 g/mol. The Kier molecular flexibility index (Phi) is 4.29. The number of hydrogen-bond donors (Lipinski definition) is 1. The zero-order valence-corrected chi connectivity index (χ0v) is 9.97. The molecule has 0 aromatic rings. The molecule has 0 bridgehead atoms. The Balaban J connectivity index is 2.62. The van der Waals surface area contributed by atoms with E-state index in [2.05, 4.69) is 0 Å². The van der Waals surface area contributed by atoms with Crippen molar-refractivity contribution in [1.82, 2.24) is 4.90 Å². The summed E-state index contributed by atoms with van der Waals surface area (Å²) in [5, 5.41) is 8.98. The molecule has 1 heterocycles. The van der Waals surface area contributed by atoms with Gasteiger partial charge in [-0.1, -0.05) is 13.8 Å². The van der Waals surface area contributed by atoms with Crippen LogP contribution in [0.15, 0.2) is 0 Å². The number of hydrogen-bond acceptors (Lipinski definition) is 3. The number of carboxylic acids is 1. The van der Waals surface area contributed by atoms with E-state index in [1.807, 2.05) is 13.8 Å². The third-order valence-corrected chi connectivity index (χ3v) is 2.84. The highest BCUT2D eigenvalue weighted by atomic mass is 16.5. The van der Waals surface area contributed by atoms with E-state index in [4.69, 9.17) is 9.84 Å². The molecule has 0 spiro atoms. The standard InChI is InChI=1S/C11H19NO4/c1-7(2)4-10(13)12(3)9-6-16-5-8(9)11(14)15/h7-9H,4-6H2,1-3H3,(H,14,15). The molecule has 1 amide bonds. The highest BCUT2D eigenvalue weighted by Gasteiger charge is 2.38. The molecule has 2 unspecified atom stereocenters. The molecular formula is C11H19NO4. The molecule has 1 N–H and O–H groups in total. The lowest BCUT2D eigenvalue weighted by Crippen LogP contribution is -2.44. The quantitative estimate of drug-likeness (QED) is 0.766. The first-order valence-electron chi connectivity index (χ1n) is 5.49. The Labute approximate surface area is 95.4 Å². The van der Waals surface area contributed by atoms with Gasteiger partial charge in [0, 0.05) is 13.5 Å². The predicted octanol–water partition coefficient (Wildman–Crippen LogP) is 0.591. The van der Waals surface area contributed by atoms with Crippen LogP contribution in [0.25, 0.3) is 0 Å². The first-order valence-corrected chi connectivity index (χ1v) is 5.49. The molecule has 0 saturated carbocycles. The van der Waals surface area contributed by atoms with E-state index in [-0.39, 0.29) is 24.5 Å². The summed E-state index contributed by atoms with van der Waals surface area (Å²) in [4.78, 5) is 24.2. The highest BCUT2D eigenvalue weighted by Crippen LogP contribution is 2.20. The van der Waals surface area contributed by atoms with E-state index in [0.29, 0.717) is 13.0 Å². The maximum atomic E-state index is 11.8. The Bertz CT molecular complexity index is 277. The summed E-state index contributed by atoms with van der Waals surface area (Å²) in [6.45, 7) is 4.44. The van der Waals surface area contributed by atoms with Crippen LogP contribution in [0.4, 0.5) is 0 Å². The third kappa shape index (κ3) is 2.95. The summed E-state index contributed by atoms with van der Waals surface area (Å²) in [5.74, 6) is -1.23. The second-order valence-corrected chi connectivity index (χ2v) is 4.65. The zero-order valence-electron chi connectivity index (χ0n) is 9.97. The molecule has 1 fully saturated rings. The van der Waals surface area contributed by atoms with Gasteiger partial charge in [-0.2, -0.15) is 0 Å². The van der Waals surface area contributed by atoms with Crippen LogP contribution in [0.5, 0.6) is 0 Å². The molecule has 92 valence electrons. The number of carbonyl (C=O) groups is 2. The second-order valence-electron chi connectivity index (χ2n) is 4.65. The molecule has 1 rings (SSSR count). The van der Waals surface area contributed by atoms with Crippen LogP contribution in [-0.4, -0.2) is 48.2 Å². The fourth-order valence-corrected chi connectivity index (χ4v) is 1.84. The molecule has 5 nitrogen and oxygen atoms in total. The Hall–Kier alpha value is -1.10. The fraction of sp³-hybridized carbons (Fsp3) is 0.818. The van der Waals surface area contributed by atoms with Crippen LogP contribution >= 0.6 is 0 Å². The number of rotatable bonds is 4.